The lowest BCUT2D eigenvalue weighted by Crippen LogP contribution is -2.22. The van der Waals surface area contributed by atoms with Gasteiger partial charge in [0.1, 0.15) is 6.61 Å². The van der Waals surface area contributed by atoms with E-state index in [-0.39, 0.29) is 23.8 Å². The Morgan fingerprint density at radius 1 is 1.40 bits per heavy atom. The topological polar surface area (TPSA) is 86.5 Å². The van der Waals surface area contributed by atoms with Gasteiger partial charge in [0.05, 0.1) is 15.9 Å². The number of alkyl halides is 1. The first-order chi connectivity index (χ1) is 9.27. The first kappa shape index (κ1) is 16.9. The Morgan fingerprint density at radius 3 is 2.55 bits per heavy atom. The van der Waals surface area contributed by atoms with Gasteiger partial charge in [0.2, 0.25) is 0 Å². The Labute approximate surface area is 126 Å². The number of rotatable bonds is 7. The van der Waals surface area contributed by atoms with Crippen LogP contribution in [-0.4, -0.2) is 31.0 Å². The van der Waals surface area contributed by atoms with Crippen molar-refractivity contribution < 1.29 is 18.1 Å². The van der Waals surface area contributed by atoms with Crippen molar-refractivity contribution in [2.24, 2.45) is 0 Å². The molecule has 8 heteroatoms. The second-order valence-corrected chi connectivity index (χ2v) is 7.69. The van der Waals surface area contributed by atoms with Crippen molar-refractivity contribution in [1.82, 2.24) is 0 Å². The van der Waals surface area contributed by atoms with Gasteiger partial charge in [-0.15, -0.1) is 0 Å². The molecule has 0 amide bonds. The fourth-order valence-electron chi connectivity index (χ4n) is 1.41. The van der Waals surface area contributed by atoms with Gasteiger partial charge >= 0.3 is 5.69 Å². The highest BCUT2D eigenvalue weighted by atomic mass is 79.9. The fraction of sp³-hybridized carbons (Fsp3) is 0.500. The Morgan fingerprint density at radius 2 is 2.05 bits per heavy atom. The minimum absolute atomic E-state index is 0.0888. The smallest absolute Gasteiger partial charge is 0.310 e. The molecule has 1 rings (SSSR count). The molecule has 20 heavy (non-hydrogen) atoms. The molecule has 0 atom stereocenters. The van der Waals surface area contributed by atoms with Gasteiger partial charge in [-0.1, -0.05) is 22.0 Å². The van der Waals surface area contributed by atoms with Gasteiger partial charge in [0.25, 0.3) is 0 Å². The summed E-state index contributed by atoms with van der Waals surface area (Å²) in [5, 5.41) is 10.9. The van der Waals surface area contributed by atoms with Crippen LogP contribution in [-0.2, 0) is 15.2 Å². The van der Waals surface area contributed by atoms with Gasteiger partial charge in [-0.2, -0.15) is 0 Å². The van der Waals surface area contributed by atoms with Gasteiger partial charge in [-0.3, -0.25) is 10.1 Å². The highest BCUT2D eigenvalue weighted by molar-refractivity contribution is 9.08. The van der Waals surface area contributed by atoms with Crippen molar-refractivity contribution in [2.75, 3.05) is 12.4 Å². The Hall–Kier alpha value is -1.15. The molecule has 0 N–H and O–H groups in total. The maximum Gasteiger partial charge on any atom is 0.310 e. The number of ether oxygens (including phenoxy) is 1. The summed E-state index contributed by atoms with van der Waals surface area (Å²) >= 11 is 3.25. The molecular weight excluding hydrogens is 350 g/mol. The average molecular weight is 366 g/mol. The maximum atomic E-state index is 11.6. The summed E-state index contributed by atoms with van der Waals surface area (Å²) in [6, 6.07) is 4.50. The van der Waals surface area contributed by atoms with E-state index in [0.717, 1.165) is 5.56 Å². The summed E-state index contributed by atoms with van der Waals surface area (Å²) in [5.41, 5.74) is 0.647. The SMILES string of the molecule is CC(C)S(=O)(=O)CCOc1cc(CBr)ccc1[N+](=O)[O-]. The first-order valence-corrected chi connectivity index (χ1v) is 8.79. The van der Waals surface area contributed by atoms with Gasteiger partial charge in [0, 0.05) is 11.4 Å². The van der Waals surface area contributed by atoms with E-state index >= 15 is 0 Å². The van der Waals surface area contributed by atoms with Crippen molar-refractivity contribution in [2.45, 2.75) is 24.4 Å². The lowest BCUT2D eigenvalue weighted by atomic mass is 10.2. The summed E-state index contributed by atoms with van der Waals surface area (Å²) in [6.07, 6.45) is 0. The Balaban J connectivity index is 2.84. The van der Waals surface area contributed by atoms with Crippen LogP contribution in [0.15, 0.2) is 18.2 Å². The lowest BCUT2D eigenvalue weighted by Gasteiger charge is -2.10. The zero-order chi connectivity index (χ0) is 15.3. The van der Waals surface area contributed by atoms with E-state index in [1.165, 1.54) is 12.1 Å². The van der Waals surface area contributed by atoms with E-state index < -0.39 is 20.0 Å². The van der Waals surface area contributed by atoms with Crippen LogP contribution < -0.4 is 4.74 Å². The monoisotopic (exact) mass is 365 g/mol. The van der Waals surface area contributed by atoms with Crippen LogP contribution in [0.3, 0.4) is 0 Å². The van der Waals surface area contributed by atoms with Crippen LogP contribution in [0.4, 0.5) is 5.69 Å². The third-order valence-corrected chi connectivity index (χ3v) is 5.54. The summed E-state index contributed by atoms with van der Waals surface area (Å²) in [6.45, 7) is 3.07. The summed E-state index contributed by atoms with van der Waals surface area (Å²) in [4.78, 5) is 10.3. The maximum absolute atomic E-state index is 11.6. The number of hydrogen-bond donors (Lipinski definition) is 0. The van der Waals surface area contributed by atoms with Crippen molar-refractivity contribution in [3.63, 3.8) is 0 Å². The van der Waals surface area contributed by atoms with Crippen LogP contribution in [0.2, 0.25) is 0 Å². The zero-order valence-corrected chi connectivity index (χ0v) is 13.6. The standard InChI is InChI=1S/C12H16BrNO5S/c1-9(2)20(17,18)6-5-19-12-7-10(8-13)3-4-11(12)14(15)16/h3-4,7,9H,5-6,8H2,1-2H3. The van der Waals surface area contributed by atoms with Crippen LogP contribution in [0.5, 0.6) is 5.75 Å². The zero-order valence-electron chi connectivity index (χ0n) is 11.2. The summed E-state index contributed by atoms with van der Waals surface area (Å²) in [5.74, 6) is -0.0775. The van der Waals surface area contributed by atoms with Gasteiger partial charge in [0.15, 0.2) is 15.6 Å². The van der Waals surface area contributed by atoms with E-state index in [9.17, 15) is 18.5 Å². The van der Waals surface area contributed by atoms with Crippen molar-refractivity contribution in [3.05, 3.63) is 33.9 Å². The molecule has 0 aliphatic rings. The molecule has 0 aromatic heterocycles. The van der Waals surface area contributed by atoms with Crippen LogP contribution >= 0.6 is 15.9 Å². The molecule has 6 nitrogen and oxygen atoms in total. The third-order valence-electron chi connectivity index (χ3n) is 2.72. The predicted octanol–water partition coefficient (Wildman–Crippen LogP) is 2.69. The minimum atomic E-state index is -3.22. The van der Waals surface area contributed by atoms with E-state index in [1.54, 1.807) is 19.9 Å². The Kier molecular flexibility index (Phi) is 5.94. The quantitative estimate of drug-likeness (QED) is 0.421. The highest BCUT2D eigenvalue weighted by Gasteiger charge is 2.19. The summed E-state index contributed by atoms with van der Waals surface area (Å²) < 4.78 is 28.6. The van der Waals surface area contributed by atoms with Crippen molar-refractivity contribution in [1.29, 1.82) is 0 Å². The molecule has 0 aliphatic carbocycles. The Bertz CT molecular complexity index is 586. The highest BCUT2D eigenvalue weighted by Crippen LogP contribution is 2.28. The molecule has 0 aliphatic heterocycles. The molecule has 0 saturated carbocycles. The molecule has 0 bridgehead atoms. The average Bonchev–Trinajstić information content (AvgIpc) is 2.37. The molecule has 1 aromatic carbocycles. The number of halogens is 1. The van der Waals surface area contributed by atoms with Crippen LogP contribution in [0, 0.1) is 10.1 Å². The minimum Gasteiger partial charge on any atom is -0.486 e. The number of benzene rings is 1. The summed E-state index contributed by atoms with van der Waals surface area (Å²) in [7, 11) is -3.22. The van der Waals surface area contributed by atoms with Crippen LogP contribution in [0.1, 0.15) is 19.4 Å². The van der Waals surface area contributed by atoms with Crippen molar-refractivity contribution >= 4 is 31.5 Å². The molecule has 0 fully saturated rings. The normalized spacial score (nSPS) is 11.6. The second-order valence-electron chi connectivity index (χ2n) is 4.46. The molecule has 0 saturated heterocycles. The fourth-order valence-corrected chi connectivity index (χ4v) is 2.55. The van der Waals surface area contributed by atoms with Crippen molar-refractivity contribution in [3.8, 4) is 5.75 Å². The molecule has 0 unspecified atom stereocenters. The predicted molar refractivity (Wildman–Crippen MR) is 80.1 cm³/mol. The van der Waals surface area contributed by atoms with E-state index in [1.807, 2.05) is 0 Å². The molecule has 112 valence electrons. The number of hydrogen-bond acceptors (Lipinski definition) is 5. The molecule has 0 spiro atoms. The van der Waals surface area contributed by atoms with E-state index in [2.05, 4.69) is 15.9 Å². The van der Waals surface area contributed by atoms with Gasteiger partial charge in [-0.05, 0) is 25.5 Å². The van der Waals surface area contributed by atoms with Gasteiger partial charge in [-0.25, -0.2) is 8.42 Å². The molecule has 0 heterocycles. The number of nitro groups is 1. The van der Waals surface area contributed by atoms with Crippen LogP contribution in [0.25, 0.3) is 0 Å². The third kappa shape index (κ3) is 4.45. The first-order valence-electron chi connectivity index (χ1n) is 5.95. The van der Waals surface area contributed by atoms with E-state index in [0.29, 0.717) is 5.33 Å². The number of nitro benzene ring substituents is 1. The van der Waals surface area contributed by atoms with E-state index in [4.69, 9.17) is 4.74 Å². The largest absolute Gasteiger partial charge is 0.486 e. The lowest BCUT2D eigenvalue weighted by molar-refractivity contribution is -0.385. The molecule has 1 aromatic rings. The number of sulfone groups is 1. The number of nitrogens with zero attached hydrogens (tertiary/aromatic N) is 1. The molecular formula is C12H16BrNO5S. The molecule has 0 radical (unpaired) electrons. The van der Waals surface area contributed by atoms with Gasteiger partial charge < -0.3 is 4.74 Å². The second kappa shape index (κ2) is 7.03.